The molecule has 8 nitrogen and oxygen atoms in total. The van der Waals surface area contributed by atoms with Crippen LogP contribution in [-0.2, 0) is 30.1 Å². The number of nitrogens with zero attached hydrogens (tertiary/aromatic N) is 2. The molecule has 3 aliphatic heterocycles. The van der Waals surface area contributed by atoms with Crippen LogP contribution in [0.4, 0.5) is 4.79 Å². The lowest BCUT2D eigenvalue weighted by atomic mass is 9.65. The van der Waals surface area contributed by atoms with Crippen LogP contribution in [0, 0.1) is 5.41 Å². The number of carbonyl (C=O) groups excluding carboxylic acids is 2. The molecule has 0 saturated carbocycles. The van der Waals surface area contributed by atoms with E-state index in [-0.39, 0.29) is 30.3 Å². The van der Waals surface area contributed by atoms with Gasteiger partial charge in [-0.25, -0.2) is 9.59 Å². The minimum atomic E-state index is -0.709. The van der Waals surface area contributed by atoms with Gasteiger partial charge in [-0.05, 0) is 86.2 Å². The lowest BCUT2D eigenvalue weighted by molar-refractivity contribution is -0.151. The van der Waals surface area contributed by atoms with Crippen molar-refractivity contribution in [3.05, 3.63) is 35.9 Å². The zero-order valence-electron chi connectivity index (χ0n) is 25.1. The van der Waals surface area contributed by atoms with E-state index in [1.54, 1.807) is 4.90 Å². The van der Waals surface area contributed by atoms with Crippen LogP contribution < -0.4 is 0 Å². The maximum absolute atomic E-state index is 13.5. The van der Waals surface area contributed by atoms with Crippen LogP contribution >= 0.6 is 0 Å². The largest absolute Gasteiger partial charge is 0.467 e. The SMILES string of the molecule is COC(=O)[C@H]1N(C(=O)OC(C)(C)C)C[C@@H]2N(Cc3ccccc3)CCC[C@@]21CCCB1OC(C)(C)C(C)(C)O1. The first-order chi connectivity index (χ1) is 18.2. The van der Waals surface area contributed by atoms with Crippen molar-refractivity contribution in [2.75, 3.05) is 20.2 Å². The molecule has 0 spiro atoms. The van der Waals surface area contributed by atoms with Crippen LogP contribution in [0.3, 0.4) is 0 Å². The predicted molar refractivity (Wildman–Crippen MR) is 151 cm³/mol. The van der Waals surface area contributed by atoms with Gasteiger partial charge >= 0.3 is 19.2 Å². The number of likely N-dealkylation sites (tertiary alicyclic amines) is 2. The Labute approximate surface area is 234 Å². The summed E-state index contributed by atoms with van der Waals surface area (Å²) < 4.78 is 23.7. The van der Waals surface area contributed by atoms with Gasteiger partial charge < -0.3 is 18.8 Å². The van der Waals surface area contributed by atoms with E-state index in [1.807, 2.05) is 26.8 Å². The van der Waals surface area contributed by atoms with Crippen molar-refractivity contribution in [1.29, 1.82) is 0 Å². The molecule has 3 heterocycles. The second-order valence-electron chi connectivity index (χ2n) is 13.4. The molecule has 3 fully saturated rings. The van der Waals surface area contributed by atoms with Crippen molar-refractivity contribution in [2.24, 2.45) is 5.41 Å². The second-order valence-corrected chi connectivity index (χ2v) is 13.4. The zero-order valence-corrected chi connectivity index (χ0v) is 25.1. The minimum Gasteiger partial charge on any atom is -0.467 e. The fourth-order valence-corrected chi connectivity index (χ4v) is 6.61. The number of ether oxygens (including phenoxy) is 2. The Hall–Kier alpha value is -2.10. The van der Waals surface area contributed by atoms with Crippen LogP contribution in [0.15, 0.2) is 30.3 Å². The summed E-state index contributed by atoms with van der Waals surface area (Å²) in [5.41, 5.74) is -0.674. The highest BCUT2D eigenvalue weighted by atomic mass is 16.7. The van der Waals surface area contributed by atoms with Crippen LogP contribution in [0.5, 0.6) is 0 Å². The fraction of sp³-hybridized carbons (Fsp3) is 0.733. The van der Waals surface area contributed by atoms with E-state index in [2.05, 4.69) is 56.9 Å². The Morgan fingerprint density at radius 1 is 1.08 bits per heavy atom. The Morgan fingerprint density at radius 2 is 1.72 bits per heavy atom. The molecule has 0 bridgehead atoms. The van der Waals surface area contributed by atoms with Crippen LogP contribution in [-0.4, -0.2) is 78.1 Å². The van der Waals surface area contributed by atoms with Crippen LogP contribution in [0.25, 0.3) is 0 Å². The fourth-order valence-electron chi connectivity index (χ4n) is 6.61. The molecule has 39 heavy (non-hydrogen) atoms. The van der Waals surface area contributed by atoms with Crippen molar-refractivity contribution in [3.8, 4) is 0 Å². The summed E-state index contributed by atoms with van der Waals surface area (Å²) in [6, 6.07) is 9.68. The van der Waals surface area contributed by atoms with Gasteiger partial charge in [0.2, 0.25) is 0 Å². The van der Waals surface area contributed by atoms with Gasteiger partial charge in [0.1, 0.15) is 11.6 Å². The topological polar surface area (TPSA) is 77.5 Å². The molecule has 0 N–H and O–H groups in total. The van der Waals surface area contributed by atoms with Crippen LogP contribution in [0.1, 0.15) is 79.7 Å². The number of hydrogen-bond acceptors (Lipinski definition) is 7. The number of methoxy groups -OCH3 is 1. The maximum atomic E-state index is 13.5. The molecule has 1 aromatic rings. The van der Waals surface area contributed by atoms with Gasteiger partial charge in [0.05, 0.1) is 18.3 Å². The molecule has 4 rings (SSSR count). The number of rotatable bonds is 7. The number of benzene rings is 1. The van der Waals surface area contributed by atoms with Gasteiger partial charge in [0.15, 0.2) is 0 Å². The summed E-state index contributed by atoms with van der Waals surface area (Å²) in [6.45, 7) is 15.9. The number of fused-ring (bicyclic) bond motifs is 1. The molecule has 9 heteroatoms. The normalized spacial score (nSPS) is 28.3. The monoisotopic (exact) mass is 542 g/mol. The number of carbonyl (C=O) groups is 2. The average molecular weight is 543 g/mol. The molecule has 1 aromatic carbocycles. The second kappa shape index (κ2) is 11.1. The summed E-state index contributed by atoms with van der Waals surface area (Å²) >= 11 is 0. The summed E-state index contributed by atoms with van der Waals surface area (Å²) in [7, 11) is 1.11. The molecule has 3 atom stereocenters. The first kappa shape index (κ1) is 29.9. The number of hydrogen-bond donors (Lipinski definition) is 0. The highest BCUT2D eigenvalue weighted by Gasteiger charge is 2.62. The third-order valence-corrected chi connectivity index (χ3v) is 9.08. The molecule has 1 amide bonds. The van der Waals surface area contributed by atoms with Gasteiger partial charge in [-0.2, -0.15) is 0 Å². The van der Waals surface area contributed by atoms with Crippen molar-refractivity contribution >= 4 is 19.2 Å². The summed E-state index contributed by atoms with van der Waals surface area (Å²) in [5, 5.41) is 0. The molecule has 3 saturated heterocycles. The molecular weight excluding hydrogens is 495 g/mol. The quantitative estimate of drug-likeness (QED) is 0.342. The Kier molecular flexibility index (Phi) is 8.47. The Morgan fingerprint density at radius 3 is 2.31 bits per heavy atom. The summed E-state index contributed by atoms with van der Waals surface area (Å²) in [4.78, 5) is 31.1. The lowest BCUT2D eigenvalue weighted by Crippen LogP contribution is -2.56. The molecule has 216 valence electrons. The molecular formula is C30H47BN2O6. The third kappa shape index (κ3) is 6.15. The van der Waals surface area contributed by atoms with Crippen molar-refractivity contribution < 1.29 is 28.4 Å². The Balaban J connectivity index is 1.63. The van der Waals surface area contributed by atoms with E-state index in [4.69, 9.17) is 18.8 Å². The molecule has 3 aliphatic rings. The summed E-state index contributed by atoms with van der Waals surface area (Å²) in [5.74, 6) is -0.374. The maximum Gasteiger partial charge on any atom is 0.457 e. The lowest BCUT2D eigenvalue weighted by Gasteiger charge is -2.47. The van der Waals surface area contributed by atoms with Gasteiger partial charge in [-0.3, -0.25) is 9.80 Å². The summed E-state index contributed by atoms with van der Waals surface area (Å²) in [6.07, 6.45) is 3.60. The van der Waals surface area contributed by atoms with E-state index in [0.29, 0.717) is 6.54 Å². The van der Waals surface area contributed by atoms with Gasteiger partial charge in [-0.1, -0.05) is 36.8 Å². The Bertz CT molecular complexity index is 1010. The van der Waals surface area contributed by atoms with Gasteiger partial charge in [0.25, 0.3) is 0 Å². The molecule has 0 unspecified atom stereocenters. The van der Waals surface area contributed by atoms with Gasteiger partial charge in [0, 0.05) is 24.5 Å². The van der Waals surface area contributed by atoms with Crippen molar-refractivity contribution in [1.82, 2.24) is 9.80 Å². The average Bonchev–Trinajstić information content (AvgIpc) is 3.29. The first-order valence-electron chi connectivity index (χ1n) is 14.4. The molecule has 0 aromatic heterocycles. The zero-order chi connectivity index (χ0) is 28.6. The molecule has 0 radical (unpaired) electrons. The van der Waals surface area contributed by atoms with Crippen molar-refractivity contribution in [3.63, 3.8) is 0 Å². The van der Waals surface area contributed by atoms with Crippen LogP contribution in [0.2, 0.25) is 6.32 Å². The van der Waals surface area contributed by atoms with E-state index in [9.17, 15) is 9.59 Å². The first-order valence-corrected chi connectivity index (χ1v) is 14.4. The van der Waals surface area contributed by atoms with E-state index in [1.165, 1.54) is 12.7 Å². The number of piperidine rings is 1. The standard InChI is InChI=1S/C30H47BN2O6/c1-27(2,3)37-26(35)33-21-23-30(24(33)25(34)36-8,16-12-18-31-38-28(4,5)29(6,7)39-31)17-13-19-32(23)20-22-14-10-9-11-15-22/h9-11,14-15,23-24H,12-13,16-21H2,1-8H3/t23-,24+,30-/m0/s1. The number of esters is 1. The molecule has 0 aliphatic carbocycles. The van der Waals surface area contributed by atoms with E-state index in [0.717, 1.165) is 45.1 Å². The number of amides is 1. The minimum absolute atomic E-state index is 0.00127. The highest BCUT2D eigenvalue weighted by Crippen LogP contribution is 2.51. The van der Waals surface area contributed by atoms with Crippen molar-refractivity contribution in [2.45, 2.75) is 116 Å². The third-order valence-electron chi connectivity index (χ3n) is 9.08. The van der Waals surface area contributed by atoms with E-state index < -0.39 is 23.2 Å². The van der Waals surface area contributed by atoms with Gasteiger partial charge in [-0.15, -0.1) is 0 Å². The van der Waals surface area contributed by atoms with E-state index >= 15 is 0 Å². The predicted octanol–water partition coefficient (Wildman–Crippen LogP) is 5.30. The smallest absolute Gasteiger partial charge is 0.457 e. The highest BCUT2D eigenvalue weighted by molar-refractivity contribution is 6.45.